The first kappa shape index (κ1) is 22.7. The van der Waals surface area contributed by atoms with Crippen molar-refractivity contribution >= 4 is 24.9 Å². The summed E-state index contributed by atoms with van der Waals surface area (Å²) < 4.78 is 31.8. The third-order valence-electron chi connectivity index (χ3n) is 4.92. The lowest BCUT2D eigenvalue weighted by atomic mass is 10.0. The highest BCUT2D eigenvalue weighted by molar-refractivity contribution is 7.53. The first-order valence-corrected chi connectivity index (χ1v) is 11.3. The van der Waals surface area contributed by atoms with Crippen LogP contribution in [-0.2, 0) is 14.5 Å². The van der Waals surface area contributed by atoms with Crippen LogP contribution >= 0.6 is 7.60 Å². The lowest BCUT2D eigenvalue weighted by Gasteiger charge is -2.25. The van der Waals surface area contributed by atoms with Crippen LogP contribution in [0.3, 0.4) is 0 Å². The SMILES string of the molecule is CCOP(=O)(O)C(C)(F)c1ccc(C(=O)Nc2cc(-c3ccccc3)ccc2N)cc1. The van der Waals surface area contributed by atoms with E-state index in [4.69, 9.17) is 10.3 Å². The summed E-state index contributed by atoms with van der Waals surface area (Å²) in [5.41, 5.74) is 8.92. The summed E-state index contributed by atoms with van der Waals surface area (Å²) in [6.45, 7) is 2.39. The molecular formula is C23H24FN2O4P. The van der Waals surface area contributed by atoms with E-state index in [9.17, 15) is 18.6 Å². The Morgan fingerprint density at radius 2 is 1.74 bits per heavy atom. The lowest BCUT2D eigenvalue weighted by molar-refractivity contribution is 0.102. The van der Waals surface area contributed by atoms with Crippen molar-refractivity contribution in [3.63, 3.8) is 0 Å². The van der Waals surface area contributed by atoms with Crippen LogP contribution in [0.25, 0.3) is 11.1 Å². The molecule has 0 saturated carbocycles. The summed E-state index contributed by atoms with van der Waals surface area (Å²) in [6.07, 6.45) is 0. The zero-order valence-electron chi connectivity index (χ0n) is 17.2. The Labute approximate surface area is 180 Å². The molecule has 4 N–H and O–H groups in total. The van der Waals surface area contributed by atoms with E-state index in [1.54, 1.807) is 12.1 Å². The van der Waals surface area contributed by atoms with E-state index in [2.05, 4.69) is 5.32 Å². The summed E-state index contributed by atoms with van der Waals surface area (Å²) in [4.78, 5) is 22.6. The van der Waals surface area contributed by atoms with Crippen molar-refractivity contribution < 1.29 is 23.2 Å². The van der Waals surface area contributed by atoms with Crippen LogP contribution in [-0.4, -0.2) is 17.4 Å². The molecule has 3 rings (SSSR count). The zero-order chi connectivity index (χ0) is 22.6. The number of hydrogen-bond donors (Lipinski definition) is 3. The summed E-state index contributed by atoms with van der Waals surface area (Å²) >= 11 is 0. The van der Waals surface area contributed by atoms with Gasteiger partial charge in [-0.15, -0.1) is 0 Å². The Kier molecular flexibility index (Phi) is 6.60. The number of alkyl halides is 1. The molecule has 0 bridgehead atoms. The largest absolute Gasteiger partial charge is 0.397 e. The fourth-order valence-electron chi connectivity index (χ4n) is 3.05. The molecule has 0 saturated heterocycles. The van der Waals surface area contributed by atoms with Gasteiger partial charge in [0.1, 0.15) is 0 Å². The first-order chi connectivity index (χ1) is 14.7. The second kappa shape index (κ2) is 9.02. The molecule has 0 heterocycles. The number of nitrogens with one attached hydrogen (secondary N) is 1. The van der Waals surface area contributed by atoms with Gasteiger partial charge in [-0.3, -0.25) is 9.36 Å². The second-order valence-corrected chi connectivity index (χ2v) is 9.23. The average Bonchev–Trinajstić information content (AvgIpc) is 2.75. The van der Waals surface area contributed by atoms with Gasteiger partial charge in [0.15, 0.2) is 0 Å². The molecule has 0 aliphatic rings. The van der Waals surface area contributed by atoms with Gasteiger partial charge in [0.05, 0.1) is 18.0 Å². The highest BCUT2D eigenvalue weighted by Gasteiger charge is 2.47. The van der Waals surface area contributed by atoms with Crippen molar-refractivity contribution in [2.75, 3.05) is 17.7 Å². The summed E-state index contributed by atoms with van der Waals surface area (Å²) in [6, 6.07) is 20.3. The summed E-state index contributed by atoms with van der Waals surface area (Å²) in [5, 5.41) is 0.154. The van der Waals surface area contributed by atoms with Crippen LogP contribution in [0.1, 0.15) is 29.8 Å². The summed E-state index contributed by atoms with van der Waals surface area (Å²) in [5.74, 6) is -0.444. The predicted octanol–water partition coefficient (Wildman–Crippen LogP) is 5.55. The van der Waals surface area contributed by atoms with Gasteiger partial charge in [0.25, 0.3) is 5.91 Å². The molecule has 2 atom stereocenters. The molecule has 0 aromatic heterocycles. The van der Waals surface area contributed by atoms with E-state index in [0.29, 0.717) is 11.4 Å². The van der Waals surface area contributed by atoms with Gasteiger partial charge in [0.2, 0.25) is 5.41 Å². The van der Waals surface area contributed by atoms with Gasteiger partial charge in [-0.05, 0) is 49.2 Å². The number of nitrogen functional groups attached to an aromatic ring is 1. The molecule has 3 aromatic rings. The number of anilines is 2. The van der Waals surface area contributed by atoms with Crippen LogP contribution in [0, 0.1) is 0 Å². The number of carbonyl (C=O) groups is 1. The highest BCUT2D eigenvalue weighted by Crippen LogP contribution is 2.61. The number of rotatable bonds is 7. The van der Waals surface area contributed by atoms with Gasteiger partial charge in [-0.2, -0.15) is 0 Å². The Bertz CT molecular complexity index is 1120. The van der Waals surface area contributed by atoms with E-state index >= 15 is 0 Å². The van der Waals surface area contributed by atoms with Gasteiger partial charge in [-0.25, -0.2) is 4.39 Å². The first-order valence-electron chi connectivity index (χ1n) is 9.69. The number of carbonyl (C=O) groups excluding carboxylic acids is 1. The molecule has 31 heavy (non-hydrogen) atoms. The van der Waals surface area contributed by atoms with Crippen molar-refractivity contribution in [1.82, 2.24) is 0 Å². The Balaban J connectivity index is 1.81. The molecule has 0 radical (unpaired) electrons. The maximum Gasteiger partial charge on any atom is 0.369 e. The molecule has 0 aliphatic heterocycles. The fourth-order valence-corrected chi connectivity index (χ4v) is 4.12. The van der Waals surface area contributed by atoms with Crippen LogP contribution < -0.4 is 11.1 Å². The molecule has 162 valence electrons. The third kappa shape index (κ3) is 4.85. The molecule has 8 heteroatoms. The molecule has 0 aliphatic carbocycles. The highest BCUT2D eigenvalue weighted by atomic mass is 31.2. The monoisotopic (exact) mass is 442 g/mol. The van der Waals surface area contributed by atoms with Gasteiger partial charge in [0, 0.05) is 11.1 Å². The number of halogens is 1. The zero-order valence-corrected chi connectivity index (χ0v) is 18.1. The van der Waals surface area contributed by atoms with Gasteiger partial charge in [-0.1, -0.05) is 48.5 Å². The predicted molar refractivity (Wildman–Crippen MR) is 121 cm³/mol. The average molecular weight is 442 g/mol. The maximum absolute atomic E-state index is 15.0. The van der Waals surface area contributed by atoms with Crippen molar-refractivity contribution in [2.24, 2.45) is 0 Å². The van der Waals surface area contributed by atoms with Gasteiger partial charge >= 0.3 is 7.60 Å². The Morgan fingerprint density at radius 1 is 1.10 bits per heavy atom. The normalized spacial score (nSPS) is 15.0. The minimum atomic E-state index is -4.54. The molecular weight excluding hydrogens is 418 g/mol. The molecule has 1 amide bonds. The van der Waals surface area contributed by atoms with Crippen LogP contribution in [0.5, 0.6) is 0 Å². The number of nitrogens with two attached hydrogens (primary N) is 1. The topological polar surface area (TPSA) is 102 Å². The quantitative estimate of drug-likeness (QED) is 0.329. The molecule has 0 spiro atoms. The molecule has 2 unspecified atom stereocenters. The van der Waals surface area contributed by atoms with Crippen LogP contribution in [0.4, 0.5) is 15.8 Å². The summed E-state index contributed by atoms with van der Waals surface area (Å²) in [7, 11) is -4.54. The number of benzene rings is 3. The van der Waals surface area contributed by atoms with Crippen molar-refractivity contribution in [1.29, 1.82) is 0 Å². The van der Waals surface area contributed by atoms with E-state index in [1.807, 2.05) is 36.4 Å². The van der Waals surface area contributed by atoms with E-state index < -0.39 is 18.9 Å². The van der Waals surface area contributed by atoms with Crippen molar-refractivity contribution in [2.45, 2.75) is 19.3 Å². The number of hydrogen-bond acceptors (Lipinski definition) is 4. The molecule has 3 aromatic carbocycles. The van der Waals surface area contributed by atoms with Crippen LogP contribution in [0.15, 0.2) is 72.8 Å². The standard InChI is InChI=1S/C23H24FN2O4P/c1-3-30-31(28,29)23(2,24)19-12-9-17(10-13-19)22(27)26-21-15-18(11-14-20(21)25)16-7-5-4-6-8-16/h4-15H,3,25H2,1-2H3,(H,26,27)(H,28,29). The van der Waals surface area contributed by atoms with Gasteiger partial charge < -0.3 is 20.5 Å². The third-order valence-corrected chi connectivity index (χ3v) is 6.85. The van der Waals surface area contributed by atoms with Crippen LogP contribution in [0.2, 0.25) is 0 Å². The smallest absolute Gasteiger partial charge is 0.369 e. The van der Waals surface area contributed by atoms with E-state index in [1.165, 1.54) is 31.2 Å². The molecule has 6 nitrogen and oxygen atoms in total. The number of amides is 1. The van der Waals surface area contributed by atoms with Crippen molar-refractivity contribution in [3.8, 4) is 11.1 Å². The minimum Gasteiger partial charge on any atom is -0.397 e. The maximum atomic E-state index is 15.0. The van der Waals surface area contributed by atoms with Crippen molar-refractivity contribution in [3.05, 3.63) is 83.9 Å². The lowest BCUT2D eigenvalue weighted by Crippen LogP contribution is -2.18. The second-order valence-electron chi connectivity index (χ2n) is 7.09. The van der Waals surface area contributed by atoms with E-state index in [-0.39, 0.29) is 17.7 Å². The Morgan fingerprint density at radius 3 is 2.35 bits per heavy atom. The fraction of sp³-hybridized carbons (Fsp3) is 0.174. The minimum absolute atomic E-state index is 0.0612. The molecule has 0 fully saturated rings. The Hall–Kier alpha value is -2.99. The van der Waals surface area contributed by atoms with E-state index in [0.717, 1.165) is 18.1 Å².